The number of hydrogen-bond donors (Lipinski definition) is 0. The Hall–Kier alpha value is -1.57. The lowest BCUT2D eigenvalue weighted by atomic mass is 10.0. The van der Waals surface area contributed by atoms with Gasteiger partial charge in [-0.2, -0.15) is 0 Å². The highest BCUT2D eigenvalue weighted by Gasteiger charge is 2.28. The second-order valence-corrected chi connectivity index (χ2v) is 9.11. The molecular formula is C22H25Br2N3O2. The monoisotopic (exact) mass is 521 g/mol. The Kier molecular flexibility index (Phi) is 6.47. The van der Waals surface area contributed by atoms with Gasteiger partial charge in [0.15, 0.2) is 0 Å². The van der Waals surface area contributed by atoms with Gasteiger partial charge in [0.2, 0.25) is 5.91 Å². The zero-order chi connectivity index (χ0) is 20.4. The van der Waals surface area contributed by atoms with Crippen LogP contribution in [0, 0.1) is 0 Å². The van der Waals surface area contributed by atoms with Crippen molar-refractivity contribution < 1.29 is 9.53 Å². The van der Waals surface area contributed by atoms with E-state index in [0.717, 1.165) is 65.1 Å². The fraction of sp³-hybridized carbons (Fsp3) is 0.409. The van der Waals surface area contributed by atoms with Crippen LogP contribution in [0.3, 0.4) is 0 Å². The van der Waals surface area contributed by atoms with Gasteiger partial charge in [-0.05, 0) is 62.0 Å². The number of anilines is 2. The highest BCUT2D eigenvalue weighted by Crippen LogP contribution is 2.44. The van der Waals surface area contributed by atoms with E-state index in [9.17, 15) is 4.79 Å². The number of carbonyl (C=O) groups is 1. The molecule has 0 radical (unpaired) electrons. The molecule has 2 aliphatic rings. The van der Waals surface area contributed by atoms with Gasteiger partial charge in [-0.3, -0.25) is 9.69 Å². The molecule has 2 aliphatic heterocycles. The summed E-state index contributed by atoms with van der Waals surface area (Å²) >= 11 is 7.26. The fourth-order valence-electron chi connectivity index (χ4n) is 4.03. The predicted octanol–water partition coefficient (Wildman–Crippen LogP) is 4.32. The maximum absolute atomic E-state index is 12.2. The van der Waals surface area contributed by atoms with Gasteiger partial charge >= 0.3 is 0 Å². The van der Waals surface area contributed by atoms with E-state index in [2.05, 4.69) is 72.0 Å². The van der Waals surface area contributed by atoms with Gasteiger partial charge in [-0.1, -0.05) is 18.2 Å². The lowest BCUT2D eigenvalue weighted by molar-refractivity contribution is -0.118. The van der Waals surface area contributed by atoms with Crippen LogP contribution in [0.25, 0.3) is 0 Å². The van der Waals surface area contributed by atoms with E-state index in [1.165, 1.54) is 5.69 Å². The van der Waals surface area contributed by atoms with Crippen molar-refractivity contribution in [3.63, 3.8) is 0 Å². The highest BCUT2D eigenvalue weighted by atomic mass is 79.9. The van der Waals surface area contributed by atoms with Crippen LogP contribution in [-0.4, -0.2) is 57.2 Å². The minimum absolute atomic E-state index is 0.133. The third-order valence-corrected chi connectivity index (χ3v) is 7.77. The summed E-state index contributed by atoms with van der Waals surface area (Å²) in [4.78, 5) is 18.8. The average Bonchev–Trinajstić information content (AvgIpc) is 2.75. The summed E-state index contributed by atoms with van der Waals surface area (Å²) in [7, 11) is 1.83. The average molecular weight is 523 g/mol. The summed E-state index contributed by atoms with van der Waals surface area (Å²) in [6.07, 6.45) is 1.26. The zero-order valence-electron chi connectivity index (χ0n) is 16.5. The Morgan fingerprint density at radius 2 is 1.76 bits per heavy atom. The van der Waals surface area contributed by atoms with Crippen LogP contribution in [0.5, 0.6) is 5.75 Å². The molecule has 1 amide bonds. The number of carbonyl (C=O) groups excluding carboxylic acids is 1. The Labute approximate surface area is 188 Å². The van der Waals surface area contributed by atoms with Crippen molar-refractivity contribution in [1.82, 2.24) is 4.90 Å². The Morgan fingerprint density at radius 1 is 1.03 bits per heavy atom. The zero-order valence-corrected chi connectivity index (χ0v) is 19.7. The Balaban J connectivity index is 1.36. The molecule has 1 saturated heterocycles. The molecule has 5 nitrogen and oxygen atoms in total. The molecule has 0 aliphatic carbocycles. The van der Waals surface area contributed by atoms with E-state index in [1.807, 2.05) is 13.1 Å². The first-order valence-corrected chi connectivity index (χ1v) is 11.6. The summed E-state index contributed by atoms with van der Waals surface area (Å²) < 4.78 is 8.15. The molecule has 0 bridgehead atoms. The minimum atomic E-state index is 0.133. The van der Waals surface area contributed by atoms with Crippen LogP contribution < -0.4 is 14.5 Å². The largest absolute Gasteiger partial charge is 0.490 e. The number of fused-ring (bicyclic) bond motifs is 1. The standard InChI is InChI=1S/C22H25Br2N3O2/c1-25-20(28)8-7-17-21(24)18(23)15-19(22(17)25)29-14-13-26-9-11-27(12-10-26)16-5-3-2-4-6-16/h2-6,15H,7-14H2,1H3. The predicted molar refractivity (Wildman–Crippen MR) is 124 cm³/mol. The van der Waals surface area contributed by atoms with E-state index >= 15 is 0 Å². The highest BCUT2D eigenvalue weighted by molar-refractivity contribution is 9.13. The SMILES string of the molecule is CN1C(=O)CCc2c(Br)c(Br)cc(OCCN3CCN(c4ccccc4)CC3)c21. The summed E-state index contributed by atoms with van der Waals surface area (Å²) in [6.45, 7) is 5.59. The molecule has 29 heavy (non-hydrogen) atoms. The Bertz CT molecular complexity index is 883. The maximum Gasteiger partial charge on any atom is 0.227 e. The fourth-order valence-corrected chi connectivity index (χ4v) is 4.97. The number of hydrogen-bond acceptors (Lipinski definition) is 4. The number of ether oxygens (including phenoxy) is 1. The van der Waals surface area contributed by atoms with Gasteiger partial charge in [-0.25, -0.2) is 0 Å². The summed E-state index contributed by atoms with van der Waals surface area (Å²) in [5.41, 5.74) is 3.32. The molecule has 154 valence electrons. The van der Waals surface area contributed by atoms with Gasteiger partial charge in [0.05, 0.1) is 5.69 Å². The molecule has 0 saturated carbocycles. The van der Waals surface area contributed by atoms with Crippen molar-refractivity contribution in [3.05, 3.63) is 50.9 Å². The number of benzene rings is 2. The molecule has 2 aromatic carbocycles. The Morgan fingerprint density at radius 3 is 2.48 bits per heavy atom. The maximum atomic E-state index is 12.2. The van der Waals surface area contributed by atoms with Crippen LogP contribution in [0.4, 0.5) is 11.4 Å². The number of rotatable bonds is 5. The second-order valence-electron chi connectivity index (χ2n) is 7.46. The van der Waals surface area contributed by atoms with E-state index in [1.54, 1.807) is 4.90 Å². The van der Waals surface area contributed by atoms with Gasteiger partial charge in [0.1, 0.15) is 12.4 Å². The van der Waals surface area contributed by atoms with Crippen LogP contribution in [0.15, 0.2) is 45.3 Å². The molecule has 4 rings (SSSR count). The van der Waals surface area contributed by atoms with E-state index in [4.69, 9.17) is 4.74 Å². The lowest BCUT2D eigenvalue weighted by Gasteiger charge is -2.36. The first-order valence-electron chi connectivity index (χ1n) is 9.97. The smallest absolute Gasteiger partial charge is 0.227 e. The molecule has 0 aromatic heterocycles. The van der Waals surface area contributed by atoms with Crippen molar-refractivity contribution in [2.75, 3.05) is 56.2 Å². The van der Waals surface area contributed by atoms with E-state index in [-0.39, 0.29) is 5.91 Å². The quantitative estimate of drug-likeness (QED) is 0.586. The third-order valence-electron chi connectivity index (χ3n) is 5.71. The van der Waals surface area contributed by atoms with Crippen LogP contribution >= 0.6 is 31.9 Å². The van der Waals surface area contributed by atoms with Crippen molar-refractivity contribution in [2.45, 2.75) is 12.8 Å². The summed E-state index contributed by atoms with van der Waals surface area (Å²) in [5.74, 6) is 0.905. The first-order chi connectivity index (χ1) is 14.0. The number of para-hydroxylation sites is 1. The van der Waals surface area contributed by atoms with E-state index in [0.29, 0.717) is 13.0 Å². The van der Waals surface area contributed by atoms with Gasteiger partial charge in [-0.15, -0.1) is 0 Å². The topological polar surface area (TPSA) is 36.0 Å². The molecule has 7 heteroatoms. The molecule has 2 heterocycles. The molecule has 0 N–H and O–H groups in total. The van der Waals surface area contributed by atoms with Crippen molar-refractivity contribution >= 4 is 49.1 Å². The minimum Gasteiger partial charge on any atom is -0.490 e. The number of piperazine rings is 1. The van der Waals surface area contributed by atoms with Gasteiger partial charge in [0, 0.05) is 60.8 Å². The summed E-state index contributed by atoms with van der Waals surface area (Å²) in [5, 5.41) is 0. The lowest BCUT2D eigenvalue weighted by Crippen LogP contribution is -2.47. The normalized spacial score (nSPS) is 17.4. The van der Waals surface area contributed by atoms with Crippen LogP contribution in [0.2, 0.25) is 0 Å². The second kappa shape index (κ2) is 9.06. The summed E-state index contributed by atoms with van der Waals surface area (Å²) in [6, 6.07) is 12.5. The van der Waals surface area contributed by atoms with Crippen molar-refractivity contribution in [3.8, 4) is 5.75 Å². The number of amides is 1. The molecule has 0 unspecified atom stereocenters. The van der Waals surface area contributed by atoms with Crippen LogP contribution in [0.1, 0.15) is 12.0 Å². The van der Waals surface area contributed by atoms with Crippen LogP contribution in [-0.2, 0) is 11.2 Å². The number of halogens is 2. The molecule has 1 fully saturated rings. The van der Waals surface area contributed by atoms with Gasteiger partial charge < -0.3 is 14.5 Å². The third kappa shape index (κ3) is 4.47. The molecular weight excluding hydrogens is 498 g/mol. The van der Waals surface area contributed by atoms with E-state index < -0.39 is 0 Å². The van der Waals surface area contributed by atoms with Crippen molar-refractivity contribution in [1.29, 1.82) is 0 Å². The molecule has 2 aromatic rings. The molecule has 0 atom stereocenters. The first kappa shape index (κ1) is 20.7. The van der Waals surface area contributed by atoms with Gasteiger partial charge in [0.25, 0.3) is 0 Å². The van der Waals surface area contributed by atoms with Crippen molar-refractivity contribution in [2.24, 2.45) is 0 Å². The number of nitrogens with zero attached hydrogens (tertiary/aromatic N) is 3. The molecule has 0 spiro atoms.